The Labute approximate surface area is 143 Å². The zero-order chi connectivity index (χ0) is 16.2. The number of nitrogens with one attached hydrogen (secondary N) is 1. The first-order chi connectivity index (χ1) is 10.4. The summed E-state index contributed by atoms with van der Waals surface area (Å²) in [6, 6.07) is 4.27. The van der Waals surface area contributed by atoms with Gasteiger partial charge in [-0.1, -0.05) is 54.3 Å². The highest BCUT2D eigenvalue weighted by Crippen LogP contribution is 2.28. The normalized spacial score (nSPS) is 11.6. The van der Waals surface area contributed by atoms with Gasteiger partial charge in [-0.15, -0.1) is 10.2 Å². The molecule has 5 nitrogen and oxygen atoms in total. The summed E-state index contributed by atoms with van der Waals surface area (Å²) in [6.45, 7) is 2.12. The Hall–Kier alpha value is -0.890. The van der Waals surface area contributed by atoms with Crippen molar-refractivity contribution in [1.29, 1.82) is 0 Å². The third-order valence-corrected chi connectivity index (χ3v) is 5.95. The number of rotatable bonds is 7. The molecule has 0 amide bonds. The van der Waals surface area contributed by atoms with Crippen molar-refractivity contribution in [2.45, 2.75) is 37.5 Å². The molecule has 0 unspecified atom stereocenters. The minimum absolute atomic E-state index is 0.0793. The summed E-state index contributed by atoms with van der Waals surface area (Å²) in [5.41, 5.74) is 0. The zero-order valence-electron chi connectivity index (χ0n) is 11.8. The van der Waals surface area contributed by atoms with Crippen molar-refractivity contribution in [3.8, 4) is 0 Å². The topological polar surface area (TPSA) is 72.0 Å². The van der Waals surface area contributed by atoms with Crippen molar-refractivity contribution < 1.29 is 8.42 Å². The van der Waals surface area contributed by atoms with Gasteiger partial charge < -0.3 is 0 Å². The van der Waals surface area contributed by atoms with Crippen LogP contribution in [-0.4, -0.2) is 18.6 Å². The Morgan fingerprint density at radius 2 is 2.00 bits per heavy atom. The predicted octanol–water partition coefficient (Wildman–Crippen LogP) is 4.38. The first-order valence-corrected chi connectivity index (χ1v) is 9.78. The highest BCUT2D eigenvalue weighted by Gasteiger charge is 2.20. The maximum Gasteiger partial charge on any atom is 0.265 e. The number of benzene rings is 1. The molecule has 22 heavy (non-hydrogen) atoms. The summed E-state index contributed by atoms with van der Waals surface area (Å²) >= 11 is 13.0. The molecule has 0 atom stereocenters. The first-order valence-electron chi connectivity index (χ1n) is 6.72. The number of nitrogens with zero attached hydrogens (tertiary/aromatic N) is 2. The van der Waals surface area contributed by atoms with Crippen LogP contribution in [0.4, 0.5) is 5.13 Å². The molecule has 0 saturated carbocycles. The van der Waals surface area contributed by atoms with Gasteiger partial charge in [0.2, 0.25) is 5.13 Å². The number of aryl methyl sites for hydroxylation is 1. The zero-order valence-corrected chi connectivity index (χ0v) is 15.0. The van der Waals surface area contributed by atoms with E-state index in [1.807, 2.05) is 0 Å². The van der Waals surface area contributed by atoms with E-state index in [0.29, 0.717) is 5.02 Å². The summed E-state index contributed by atoms with van der Waals surface area (Å²) in [4.78, 5) is -0.0793. The fourth-order valence-corrected chi connectivity index (χ4v) is 4.55. The Morgan fingerprint density at radius 1 is 1.23 bits per heavy atom. The van der Waals surface area contributed by atoms with Crippen LogP contribution < -0.4 is 4.72 Å². The number of halogens is 2. The number of hydrogen-bond donors (Lipinski definition) is 1. The Balaban J connectivity index is 2.13. The summed E-state index contributed by atoms with van der Waals surface area (Å²) in [5.74, 6) is 0. The maximum atomic E-state index is 12.3. The van der Waals surface area contributed by atoms with Crippen molar-refractivity contribution in [1.82, 2.24) is 10.2 Å². The van der Waals surface area contributed by atoms with E-state index in [1.165, 1.54) is 29.5 Å². The quantitative estimate of drug-likeness (QED) is 0.724. The van der Waals surface area contributed by atoms with E-state index >= 15 is 0 Å². The average molecular weight is 380 g/mol. The van der Waals surface area contributed by atoms with Crippen molar-refractivity contribution in [3.63, 3.8) is 0 Å². The summed E-state index contributed by atoms with van der Waals surface area (Å²) in [6.07, 6.45) is 4.04. The molecule has 0 aliphatic rings. The van der Waals surface area contributed by atoms with Crippen LogP contribution in [-0.2, 0) is 16.4 Å². The number of aromatic nitrogens is 2. The minimum atomic E-state index is -3.84. The SMILES string of the molecule is CCCCCc1nnc(NS(=O)(=O)c2cc(Cl)ccc2Cl)s1. The molecular weight excluding hydrogens is 365 g/mol. The third-order valence-electron chi connectivity index (χ3n) is 2.87. The van der Waals surface area contributed by atoms with Gasteiger partial charge in [0, 0.05) is 11.4 Å². The second-order valence-electron chi connectivity index (χ2n) is 4.64. The predicted molar refractivity (Wildman–Crippen MR) is 90.4 cm³/mol. The molecule has 9 heteroatoms. The van der Waals surface area contributed by atoms with Crippen LogP contribution in [0.25, 0.3) is 0 Å². The number of hydrogen-bond acceptors (Lipinski definition) is 5. The van der Waals surface area contributed by atoms with E-state index in [9.17, 15) is 8.42 Å². The second kappa shape index (κ2) is 7.59. The average Bonchev–Trinajstić information content (AvgIpc) is 2.88. The monoisotopic (exact) mass is 379 g/mol. The molecule has 0 spiro atoms. The highest BCUT2D eigenvalue weighted by atomic mass is 35.5. The molecule has 0 saturated heterocycles. The molecular formula is C13H15Cl2N3O2S2. The van der Waals surface area contributed by atoms with Gasteiger partial charge in [-0.3, -0.25) is 4.72 Å². The molecule has 1 heterocycles. The van der Waals surface area contributed by atoms with Gasteiger partial charge in [-0.25, -0.2) is 8.42 Å². The van der Waals surface area contributed by atoms with E-state index in [1.54, 1.807) is 0 Å². The molecule has 0 bridgehead atoms. The van der Waals surface area contributed by atoms with Crippen LogP contribution in [0, 0.1) is 0 Å². The summed E-state index contributed by atoms with van der Waals surface area (Å²) in [7, 11) is -3.84. The lowest BCUT2D eigenvalue weighted by atomic mass is 10.2. The van der Waals surface area contributed by atoms with Gasteiger partial charge in [0.05, 0.1) is 5.02 Å². The van der Waals surface area contributed by atoms with Crippen LogP contribution in [0.15, 0.2) is 23.1 Å². The van der Waals surface area contributed by atoms with E-state index in [2.05, 4.69) is 21.8 Å². The molecule has 1 N–H and O–H groups in total. The summed E-state index contributed by atoms with van der Waals surface area (Å²) < 4.78 is 27.0. The molecule has 0 radical (unpaired) electrons. The van der Waals surface area contributed by atoms with Crippen LogP contribution in [0.1, 0.15) is 31.2 Å². The Bertz CT molecular complexity index is 747. The van der Waals surface area contributed by atoms with E-state index in [4.69, 9.17) is 23.2 Å². The van der Waals surface area contributed by atoms with Crippen LogP contribution >= 0.6 is 34.5 Å². The maximum absolute atomic E-state index is 12.3. The smallest absolute Gasteiger partial charge is 0.253 e. The molecule has 1 aromatic carbocycles. The van der Waals surface area contributed by atoms with Crippen molar-refractivity contribution >= 4 is 49.7 Å². The van der Waals surface area contributed by atoms with Gasteiger partial charge >= 0.3 is 0 Å². The molecule has 0 aliphatic carbocycles. The number of sulfonamides is 1. The molecule has 2 aromatic rings. The van der Waals surface area contributed by atoms with Gasteiger partial charge in [-0.2, -0.15) is 0 Å². The highest BCUT2D eigenvalue weighted by molar-refractivity contribution is 7.93. The Morgan fingerprint density at radius 3 is 2.73 bits per heavy atom. The largest absolute Gasteiger partial charge is 0.265 e. The van der Waals surface area contributed by atoms with E-state index in [0.717, 1.165) is 30.7 Å². The Kier molecular flexibility index (Phi) is 6.02. The lowest BCUT2D eigenvalue weighted by molar-refractivity contribution is 0.601. The van der Waals surface area contributed by atoms with Crippen molar-refractivity contribution in [2.24, 2.45) is 0 Å². The second-order valence-corrected chi connectivity index (χ2v) is 8.19. The molecule has 2 rings (SSSR count). The van der Waals surface area contributed by atoms with Gasteiger partial charge in [0.1, 0.15) is 9.90 Å². The minimum Gasteiger partial charge on any atom is -0.253 e. The fraction of sp³-hybridized carbons (Fsp3) is 0.385. The third kappa shape index (κ3) is 4.55. The van der Waals surface area contributed by atoms with Crippen LogP contribution in [0.5, 0.6) is 0 Å². The van der Waals surface area contributed by atoms with Gasteiger partial charge in [0.15, 0.2) is 0 Å². The van der Waals surface area contributed by atoms with Gasteiger partial charge in [0.25, 0.3) is 10.0 Å². The molecule has 0 aliphatic heterocycles. The lowest BCUT2D eigenvalue weighted by Gasteiger charge is -2.06. The fourth-order valence-electron chi connectivity index (χ4n) is 1.78. The molecule has 1 aromatic heterocycles. The van der Waals surface area contributed by atoms with Gasteiger partial charge in [-0.05, 0) is 24.6 Å². The first kappa shape index (κ1) is 17.5. The summed E-state index contributed by atoms with van der Waals surface area (Å²) in [5, 5.41) is 9.28. The van der Waals surface area contributed by atoms with Crippen LogP contribution in [0.3, 0.4) is 0 Å². The van der Waals surface area contributed by atoms with Crippen molar-refractivity contribution in [2.75, 3.05) is 4.72 Å². The molecule has 0 fully saturated rings. The lowest BCUT2D eigenvalue weighted by Crippen LogP contribution is -2.13. The standard InChI is InChI=1S/C13H15Cl2N3O2S2/c1-2-3-4-5-12-16-17-13(21-12)18-22(19,20)11-8-9(14)6-7-10(11)15/h6-8H,2-5H2,1H3,(H,17,18). The molecule has 120 valence electrons. The van der Waals surface area contributed by atoms with Crippen molar-refractivity contribution in [3.05, 3.63) is 33.3 Å². The number of unbranched alkanes of at least 4 members (excludes halogenated alkanes) is 2. The van der Waals surface area contributed by atoms with E-state index < -0.39 is 10.0 Å². The van der Waals surface area contributed by atoms with E-state index in [-0.39, 0.29) is 15.0 Å². The van der Waals surface area contributed by atoms with Crippen LogP contribution in [0.2, 0.25) is 10.0 Å². The number of anilines is 1.